The van der Waals surface area contributed by atoms with E-state index in [4.69, 9.17) is 4.74 Å². The standard InChI is InChI=1S/C22H33N3O2/c1-23-13-14-24(15-16-27-20-5-3-2-4-6-20)18-22(23)10-9-21(26)25(12-11-22)17-19-7-8-19/h2-6,19H,7-18H2,1H3/t22-/m0/s1. The van der Waals surface area contributed by atoms with Gasteiger partial charge >= 0.3 is 0 Å². The fourth-order valence-electron chi connectivity index (χ4n) is 4.58. The van der Waals surface area contributed by atoms with Crippen molar-refractivity contribution < 1.29 is 9.53 Å². The van der Waals surface area contributed by atoms with Gasteiger partial charge in [-0.1, -0.05) is 18.2 Å². The third kappa shape index (κ3) is 4.64. The van der Waals surface area contributed by atoms with Crippen LogP contribution in [0.1, 0.15) is 32.1 Å². The van der Waals surface area contributed by atoms with Gasteiger partial charge < -0.3 is 9.64 Å². The van der Waals surface area contributed by atoms with Gasteiger partial charge in [0.1, 0.15) is 12.4 Å². The Balaban J connectivity index is 1.32. The Morgan fingerprint density at radius 3 is 2.70 bits per heavy atom. The average molecular weight is 372 g/mol. The molecule has 1 aliphatic carbocycles. The number of amides is 1. The minimum Gasteiger partial charge on any atom is -0.492 e. The molecule has 2 heterocycles. The number of likely N-dealkylation sites (tertiary alicyclic amines) is 1. The Kier molecular flexibility index (Phi) is 5.69. The van der Waals surface area contributed by atoms with E-state index in [1.54, 1.807) is 0 Å². The molecule has 3 fully saturated rings. The van der Waals surface area contributed by atoms with Gasteiger partial charge in [-0.3, -0.25) is 14.6 Å². The SMILES string of the molecule is CN1CCN(CCOc2ccccc2)C[C@@]12CCC(=O)N(CC1CC1)CC2. The summed E-state index contributed by atoms with van der Waals surface area (Å²) in [4.78, 5) is 19.8. The molecule has 1 amide bonds. The molecule has 0 bridgehead atoms. The third-order valence-electron chi connectivity index (χ3n) is 6.68. The second kappa shape index (κ2) is 8.19. The van der Waals surface area contributed by atoms with Crippen molar-refractivity contribution in [3.05, 3.63) is 30.3 Å². The summed E-state index contributed by atoms with van der Waals surface area (Å²) in [6.07, 6.45) is 5.40. The fourth-order valence-corrected chi connectivity index (χ4v) is 4.58. The molecule has 3 aliphatic rings. The van der Waals surface area contributed by atoms with Gasteiger partial charge in [0.25, 0.3) is 0 Å². The van der Waals surface area contributed by atoms with Crippen molar-refractivity contribution in [2.75, 3.05) is 52.9 Å². The molecule has 0 N–H and O–H groups in total. The van der Waals surface area contributed by atoms with Gasteiger partial charge in [-0.25, -0.2) is 0 Å². The molecular formula is C22H33N3O2. The topological polar surface area (TPSA) is 36.0 Å². The first-order valence-corrected chi connectivity index (χ1v) is 10.5. The molecule has 148 valence electrons. The number of rotatable bonds is 6. The minimum atomic E-state index is 0.138. The van der Waals surface area contributed by atoms with Crippen LogP contribution < -0.4 is 4.74 Å². The van der Waals surface area contributed by atoms with Gasteiger partial charge in [-0.05, 0) is 50.8 Å². The van der Waals surface area contributed by atoms with Crippen LogP contribution >= 0.6 is 0 Å². The molecule has 27 heavy (non-hydrogen) atoms. The smallest absolute Gasteiger partial charge is 0.222 e. The first-order valence-electron chi connectivity index (χ1n) is 10.5. The van der Waals surface area contributed by atoms with E-state index in [-0.39, 0.29) is 5.54 Å². The zero-order valence-electron chi connectivity index (χ0n) is 16.6. The molecule has 1 spiro atoms. The lowest BCUT2D eigenvalue weighted by Crippen LogP contribution is -2.61. The van der Waals surface area contributed by atoms with Gasteiger partial charge in [-0.2, -0.15) is 0 Å². The van der Waals surface area contributed by atoms with Gasteiger partial charge in [-0.15, -0.1) is 0 Å². The monoisotopic (exact) mass is 371 g/mol. The van der Waals surface area contributed by atoms with E-state index in [1.165, 1.54) is 12.8 Å². The van der Waals surface area contributed by atoms with E-state index in [9.17, 15) is 4.79 Å². The molecule has 5 nitrogen and oxygen atoms in total. The summed E-state index contributed by atoms with van der Waals surface area (Å²) in [5.74, 6) is 2.09. The minimum absolute atomic E-state index is 0.138. The number of benzene rings is 1. The normalized spacial score (nSPS) is 27.7. The molecule has 0 radical (unpaired) electrons. The fraction of sp³-hybridized carbons (Fsp3) is 0.682. The van der Waals surface area contributed by atoms with E-state index >= 15 is 0 Å². The van der Waals surface area contributed by atoms with Crippen molar-refractivity contribution in [3.8, 4) is 5.75 Å². The number of hydrogen-bond donors (Lipinski definition) is 0. The molecule has 0 aromatic heterocycles. The lowest BCUT2D eigenvalue weighted by molar-refractivity contribution is -0.131. The second-order valence-corrected chi connectivity index (χ2v) is 8.62. The number of piperazine rings is 1. The van der Waals surface area contributed by atoms with Crippen LogP contribution in [0.25, 0.3) is 0 Å². The van der Waals surface area contributed by atoms with Gasteiger partial charge in [0, 0.05) is 51.2 Å². The lowest BCUT2D eigenvalue weighted by atomic mass is 9.86. The van der Waals surface area contributed by atoms with Crippen LogP contribution in [0, 0.1) is 5.92 Å². The molecule has 1 aromatic rings. The molecule has 2 aliphatic heterocycles. The van der Waals surface area contributed by atoms with Crippen LogP contribution in [0.5, 0.6) is 5.75 Å². The summed E-state index contributed by atoms with van der Waals surface area (Å²) in [6.45, 7) is 6.78. The van der Waals surface area contributed by atoms with Crippen molar-refractivity contribution in [2.45, 2.75) is 37.6 Å². The largest absolute Gasteiger partial charge is 0.492 e. The Morgan fingerprint density at radius 1 is 1.11 bits per heavy atom. The van der Waals surface area contributed by atoms with Gasteiger partial charge in [0.05, 0.1) is 0 Å². The predicted molar refractivity (Wildman–Crippen MR) is 107 cm³/mol. The zero-order chi connectivity index (χ0) is 18.7. The number of hydrogen-bond acceptors (Lipinski definition) is 4. The number of para-hydroxylation sites is 1. The summed E-state index contributed by atoms with van der Waals surface area (Å²) in [5.41, 5.74) is 0.138. The first kappa shape index (κ1) is 18.8. The first-order chi connectivity index (χ1) is 13.1. The summed E-state index contributed by atoms with van der Waals surface area (Å²) in [7, 11) is 2.25. The Hall–Kier alpha value is -1.59. The van der Waals surface area contributed by atoms with Crippen LogP contribution in [0.15, 0.2) is 30.3 Å². The van der Waals surface area contributed by atoms with Crippen molar-refractivity contribution >= 4 is 5.91 Å². The summed E-state index contributed by atoms with van der Waals surface area (Å²) < 4.78 is 5.90. The van der Waals surface area contributed by atoms with E-state index in [0.29, 0.717) is 12.3 Å². The summed E-state index contributed by atoms with van der Waals surface area (Å²) >= 11 is 0. The molecule has 5 heteroatoms. The van der Waals surface area contributed by atoms with Gasteiger partial charge in [0.2, 0.25) is 5.91 Å². The highest BCUT2D eigenvalue weighted by Crippen LogP contribution is 2.35. The second-order valence-electron chi connectivity index (χ2n) is 8.62. The van der Waals surface area contributed by atoms with Crippen molar-refractivity contribution in [3.63, 3.8) is 0 Å². The van der Waals surface area contributed by atoms with E-state index in [2.05, 4.69) is 21.7 Å². The molecule has 2 saturated heterocycles. The van der Waals surface area contributed by atoms with E-state index in [0.717, 1.165) is 70.4 Å². The molecule has 4 rings (SSSR count). The highest BCUT2D eigenvalue weighted by atomic mass is 16.5. The highest BCUT2D eigenvalue weighted by molar-refractivity contribution is 5.76. The molecule has 1 aromatic carbocycles. The Morgan fingerprint density at radius 2 is 1.93 bits per heavy atom. The maximum Gasteiger partial charge on any atom is 0.222 e. The molecular weight excluding hydrogens is 338 g/mol. The van der Waals surface area contributed by atoms with Crippen LogP contribution in [-0.2, 0) is 4.79 Å². The van der Waals surface area contributed by atoms with Crippen LogP contribution in [0.4, 0.5) is 0 Å². The van der Waals surface area contributed by atoms with Crippen molar-refractivity contribution in [2.24, 2.45) is 5.92 Å². The third-order valence-corrected chi connectivity index (χ3v) is 6.68. The van der Waals surface area contributed by atoms with Crippen LogP contribution in [0.2, 0.25) is 0 Å². The molecule has 0 unspecified atom stereocenters. The van der Waals surface area contributed by atoms with Crippen LogP contribution in [-0.4, -0.2) is 79.1 Å². The van der Waals surface area contributed by atoms with E-state index < -0.39 is 0 Å². The van der Waals surface area contributed by atoms with Crippen LogP contribution in [0.3, 0.4) is 0 Å². The highest BCUT2D eigenvalue weighted by Gasteiger charge is 2.42. The number of carbonyl (C=O) groups is 1. The maximum absolute atomic E-state index is 12.6. The summed E-state index contributed by atoms with van der Waals surface area (Å²) in [6, 6.07) is 10.1. The van der Waals surface area contributed by atoms with Crippen molar-refractivity contribution in [1.29, 1.82) is 0 Å². The van der Waals surface area contributed by atoms with E-state index in [1.807, 2.05) is 30.3 Å². The number of nitrogens with zero attached hydrogens (tertiary/aromatic N) is 3. The number of likely N-dealkylation sites (N-methyl/N-ethyl adjacent to an activating group) is 1. The number of ether oxygens (including phenoxy) is 1. The Bertz CT molecular complexity index is 634. The zero-order valence-corrected chi connectivity index (χ0v) is 16.6. The van der Waals surface area contributed by atoms with Crippen molar-refractivity contribution in [1.82, 2.24) is 14.7 Å². The molecule has 1 saturated carbocycles. The quantitative estimate of drug-likeness (QED) is 0.770. The summed E-state index contributed by atoms with van der Waals surface area (Å²) in [5, 5.41) is 0. The number of carbonyl (C=O) groups excluding carboxylic acids is 1. The van der Waals surface area contributed by atoms with Gasteiger partial charge in [0.15, 0.2) is 0 Å². The lowest BCUT2D eigenvalue weighted by Gasteiger charge is -2.49. The maximum atomic E-state index is 12.6. The Labute approximate surface area is 163 Å². The predicted octanol–water partition coefficient (Wildman–Crippen LogP) is 2.47. The molecule has 1 atom stereocenters. The average Bonchev–Trinajstić information content (AvgIpc) is 3.51.